The molecule has 0 saturated carbocycles. The number of halogens is 3. The Morgan fingerprint density at radius 2 is 1.95 bits per heavy atom. The van der Waals surface area contributed by atoms with Crippen molar-refractivity contribution in [1.82, 2.24) is 9.78 Å². The van der Waals surface area contributed by atoms with E-state index in [2.05, 4.69) is 43.9 Å². The Hall–Kier alpha value is -0.360. The second-order valence-corrected chi connectivity index (χ2v) is 6.44. The highest BCUT2D eigenvalue weighted by atomic mass is 79.9. The SMILES string of the molecule is CCCn1ncc(Cl)c1C(O)c1cc(Br)cc(Br)c1. The predicted molar refractivity (Wildman–Crippen MR) is 83.4 cm³/mol. The smallest absolute Gasteiger partial charge is 0.122 e. The molecule has 0 aliphatic carbocycles. The summed E-state index contributed by atoms with van der Waals surface area (Å²) in [5, 5.41) is 15.2. The minimum atomic E-state index is -0.796. The van der Waals surface area contributed by atoms with Crippen molar-refractivity contribution in [3.05, 3.63) is 49.6 Å². The van der Waals surface area contributed by atoms with Crippen molar-refractivity contribution < 1.29 is 5.11 Å². The fourth-order valence-electron chi connectivity index (χ4n) is 1.92. The third kappa shape index (κ3) is 3.40. The summed E-state index contributed by atoms with van der Waals surface area (Å²) in [6, 6.07) is 5.66. The molecule has 19 heavy (non-hydrogen) atoms. The van der Waals surface area contributed by atoms with Crippen molar-refractivity contribution >= 4 is 43.5 Å². The number of hydrogen-bond donors (Lipinski definition) is 1. The Kier molecular flexibility index (Phi) is 5.06. The summed E-state index contributed by atoms with van der Waals surface area (Å²) in [6.45, 7) is 2.79. The number of benzene rings is 1. The van der Waals surface area contributed by atoms with Crippen LogP contribution in [0.4, 0.5) is 0 Å². The van der Waals surface area contributed by atoms with E-state index in [0.29, 0.717) is 10.7 Å². The summed E-state index contributed by atoms with van der Waals surface area (Å²) in [4.78, 5) is 0. The standard InChI is InChI=1S/C13H13Br2ClN2O/c1-2-3-18-12(11(16)7-17-18)13(19)8-4-9(14)6-10(15)5-8/h4-7,13,19H,2-3H2,1H3. The molecule has 2 rings (SSSR count). The maximum absolute atomic E-state index is 10.5. The Balaban J connectivity index is 2.43. The van der Waals surface area contributed by atoms with Gasteiger partial charge in [-0.1, -0.05) is 50.4 Å². The lowest BCUT2D eigenvalue weighted by atomic mass is 10.1. The highest BCUT2D eigenvalue weighted by Gasteiger charge is 2.20. The van der Waals surface area contributed by atoms with Crippen LogP contribution in [-0.2, 0) is 6.54 Å². The van der Waals surface area contributed by atoms with Gasteiger partial charge in [-0.2, -0.15) is 5.10 Å². The zero-order chi connectivity index (χ0) is 14.0. The van der Waals surface area contributed by atoms with Crippen LogP contribution in [0.25, 0.3) is 0 Å². The number of rotatable bonds is 4. The molecule has 102 valence electrons. The molecule has 1 N–H and O–H groups in total. The summed E-state index contributed by atoms with van der Waals surface area (Å²) in [7, 11) is 0. The number of nitrogens with zero attached hydrogens (tertiary/aromatic N) is 2. The van der Waals surface area contributed by atoms with E-state index in [-0.39, 0.29) is 0 Å². The Labute approximate surface area is 133 Å². The molecular formula is C13H13Br2ClN2O. The van der Waals surface area contributed by atoms with Gasteiger partial charge in [0.15, 0.2) is 0 Å². The Morgan fingerprint density at radius 1 is 1.32 bits per heavy atom. The predicted octanol–water partition coefficient (Wildman–Crippen LogP) is 4.55. The van der Waals surface area contributed by atoms with Crippen LogP contribution in [0.1, 0.15) is 30.7 Å². The van der Waals surface area contributed by atoms with Crippen LogP contribution in [0.15, 0.2) is 33.3 Å². The molecule has 6 heteroatoms. The molecule has 0 amide bonds. The lowest BCUT2D eigenvalue weighted by molar-refractivity contribution is 0.207. The maximum atomic E-state index is 10.5. The van der Waals surface area contributed by atoms with E-state index < -0.39 is 6.10 Å². The molecule has 3 nitrogen and oxygen atoms in total. The zero-order valence-electron chi connectivity index (χ0n) is 10.3. The van der Waals surface area contributed by atoms with Crippen LogP contribution >= 0.6 is 43.5 Å². The molecule has 1 aromatic carbocycles. The molecule has 0 bridgehead atoms. The van der Waals surface area contributed by atoms with E-state index in [4.69, 9.17) is 11.6 Å². The molecule has 0 radical (unpaired) electrons. The van der Waals surface area contributed by atoms with Crippen LogP contribution < -0.4 is 0 Å². The van der Waals surface area contributed by atoms with Gasteiger partial charge in [-0.25, -0.2) is 0 Å². The highest BCUT2D eigenvalue weighted by molar-refractivity contribution is 9.11. The topological polar surface area (TPSA) is 38.0 Å². The van der Waals surface area contributed by atoms with E-state index in [9.17, 15) is 5.11 Å². The molecule has 0 aliphatic rings. The second kappa shape index (κ2) is 6.39. The third-order valence-electron chi connectivity index (χ3n) is 2.73. The quantitative estimate of drug-likeness (QED) is 0.806. The molecule has 0 aliphatic heterocycles. The minimum absolute atomic E-state index is 0.483. The van der Waals surface area contributed by atoms with Gasteiger partial charge >= 0.3 is 0 Å². The minimum Gasteiger partial charge on any atom is -0.382 e. The van der Waals surface area contributed by atoms with Gasteiger partial charge in [0.05, 0.1) is 16.9 Å². The van der Waals surface area contributed by atoms with Gasteiger partial charge in [-0.05, 0) is 30.2 Å². The monoisotopic (exact) mass is 406 g/mol. The lowest BCUT2D eigenvalue weighted by Crippen LogP contribution is -2.10. The van der Waals surface area contributed by atoms with Crippen LogP contribution in [0, 0.1) is 0 Å². The fraction of sp³-hybridized carbons (Fsp3) is 0.308. The number of aliphatic hydroxyl groups excluding tert-OH is 1. The largest absolute Gasteiger partial charge is 0.382 e. The molecule has 0 spiro atoms. The Morgan fingerprint density at radius 3 is 2.53 bits per heavy atom. The van der Waals surface area contributed by atoms with E-state index in [1.54, 1.807) is 10.9 Å². The first-order chi connectivity index (χ1) is 9.02. The maximum Gasteiger partial charge on any atom is 0.122 e. The lowest BCUT2D eigenvalue weighted by Gasteiger charge is -2.15. The van der Waals surface area contributed by atoms with Gasteiger partial charge in [-0.3, -0.25) is 4.68 Å². The average Bonchev–Trinajstić information content (AvgIpc) is 2.69. The highest BCUT2D eigenvalue weighted by Crippen LogP contribution is 2.31. The van der Waals surface area contributed by atoms with Crippen LogP contribution in [0.5, 0.6) is 0 Å². The van der Waals surface area contributed by atoms with E-state index in [1.165, 1.54) is 0 Å². The van der Waals surface area contributed by atoms with Crippen LogP contribution in [0.2, 0.25) is 5.02 Å². The van der Waals surface area contributed by atoms with Crippen LogP contribution in [-0.4, -0.2) is 14.9 Å². The number of aryl methyl sites for hydroxylation is 1. The van der Waals surface area contributed by atoms with Gasteiger partial charge in [0.2, 0.25) is 0 Å². The molecule has 2 aromatic rings. The summed E-state index contributed by atoms with van der Waals surface area (Å²) in [5.41, 5.74) is 1.40. The van der Waals surface area contributed by atoms with Gasteiger partial charge < -0.3 is 5.11 Å². The molecule has 1 heterocycles. The van der Waals surface area contributed by atoms with Crippen LogP contribution in [0.3, 0.4) is 0 Å². The first-order valence-corrected chi connectivity index (χ1v) is 7.84. The second-order valence-electron chi connectivity index (χ2n) is 4.21. The molecular weight excluding hydrogens is 395 g/mol. The molecule has 0 saturated heterocycles. The van der Waals surface area contributed by atoms with Crippen molar-refractivity contribution in [3.63, 3.8) is 0 Å². The summed E-state index contributed by atoms with van der Waals surface area (Å²) < 4.78 is 3.55. The van der Waals surface area contributed by atoms with Crippen molar-refractivity contribution in [2.45, 2.75) is 26.0 Å². The Bertz CT molecular complexity index is 566. The van der Waals surface area contributed by atoms with Crippen molar-refractivity contribution in [3.8, 4) is 0 Å². The van der Waals surface area contributed by atoms with Crippen molar-refractivity contribution in [2.75, 3.05) is 0 Å². The number of hydrogen-bond acceptors (Lipinski definition) is 2. The van der Waals surface area contributed by atoms with E-state index >= 15 is 0 Å². The fourth-order valence-corrected chi connectivity index (χ4v) is 3.50. The van der Waals surface area contributed by atoms with E-state index in [1.807, 2.05) is 18.2 Å². The van der Waals surface area contributed by atoms with Gasteiger partial charge in [0.25, 0.3) is 0 Å². The summed E-state index contributed by atoms with van der Waals surface area (Å²) >= 11 is 13.0. The third-order valence-corrected chi connectivity index (χ3v) is 3.94. The summed E-state index contributed by atoms with van der Waals surface area (Å²) in [5.74, 6) is 0. The first-order valence-electron chi connectivity index (χ1n) is 5.88. The van der Waals surface area contributed by atoms with Crippen molar-refractivity contribution in [2.24, 2.45) is 0 Å². The average molecular weight is 409 g/mol. The molecule has 1 atom stereocenters. The van der Waals surface area contributed by atoms with Crippen molar-refractivity contribution in [1.29, 1.82) is 0 Å². The molecule has 0 fully saturated rings. The van der Waals surface area contributed by atoms with Gasteiger partial charge in [-0.15, -0.1) is 0 Å². The molecule has 1 unspecified atom stereocenters. The van der Waals surface area contributed by atoms with Gasteiger partial charge in [0, 0.05) is 15.5 Å². The first kappa shape index (κ1) is 15.0. The normalized spacial score (nSPS) is 12.7. The van der Waals surface area contributed by atoms with Gasteiger partial charge in [0.1, 0.15) is 6.10 Å². The number of aromatic nitrogens is 2. The molecule has 1 aromatic heterocycles. The summed E-state index contributed by atoms with van der Waals surface area (Å²) in [6.07, 6.45) is 1.71. The van der Waals surface area contributed by atoms with E-state index in [0.717, 1.165) is 27.5 Å². The zero-order valence-corrected chi connectivity index (χ0v) is 14.2. The number of aliphatic hydroxyl groups is 1.